The molecule has 0 saturated carbocycles. The summed E-state index contributed by atoms with van der Waals surface area (Å²) in [5.41, 5.74) is 0. The van der Waals surface area contributed by atoms with E-state index in [1.807, 2.05) is 0 Å². The van der Waals surface area contributed by atoms with Crippen molar-refractivity contribution in [3.8, 4) is 0 Å². The molecule has 0 aliphatic heterocycles. The van der Waals surface area contributed by atoms with Crippen molar-refractivity contribution in [1.29, 1.82) is 0 Å². The average Bonchev–Trinajstić information content (AvgIpc) is 1.85. The van der Waals surface area contributed by atoms with Crippen molar-refractivity contribution in [1.82, 2.24) is 0 Å². The van der Waals surface area contributed by atoms with Crippen molar-refractivity contribution in [3.05, 3.63) is 0 Å². The smallest absolute Gasteiger partial charge is 0.00000167 e. The lowest BCUT2D eigenvalue weighted by molar-refractivity contribution is 3.50. The molecule has 11 heteroatoms. The molecular weight excluding hydrogens is 119 g/mol. The summed E-state index contributed by atoms with van der Waals surface area (Å²) in [6.07, 6.45) is -2.15. The molecular formula is B11-. The van der Waals surface area contributed by atoms with E-state index < -0.39 is 19.2 Å². The number of hydrogen-bond donors (Lipinski definition) is 0. The van der Waals surface area contributed by atoms with Crippen molar-refractivity contribution < 1.29 is 0 Å². The van der Waals surface area contributed by atoms with Gasteiger partial charge in [0, 0.05) is 0 Å². The van der Waals surface area contributed by atoms with Crippen molar-refractivity contribution in [3.63, 3.8) is 0 Å². The highest BCUT2D eigenvalue weighted by Crippen LogP contribution is 1.88. The first kappa shape index (κ1) is 11.7. The molecule has 34 valence electrons. The van der Waals surface area contributed by atoms with Crippen LogP contribution in [-0.4, -0.2) is 79.0 Å². The Kier molecular flexibility index (Phi) is 5.72. The van der Waals surface area contributed by atoms with Gasteiger partial charge < -0.3 is 7.74 Å². The van der Waals surface area contributed by atoms with Gasteiger partial charge in [-0.25, -0.2) is 0 Å². The van der Waals surface area contributed by atoms with Crippen LogP contribution in [0.15, 0.2) is 0 Å². The summed E-state index contributed by atoms with van der Waals surface area (Å²) in [5.74, 6) is 0. The Balaban J connectivity index is 4.09. The Morgan fingerprint density at radius 1 is 0.909 bits per heavy atom. The Bertz CT molecular complexity index is 84.2. The summed E-state index contributed by atoms with van der Waals surface area (Å²) in [6, 6.07) is 0. The summed E-state index contributed by atoms with van der Waals surface area (Å²) >= 11 is 0. The molecule has 0 atom stereocenters. The van der Waals surface area contributed by atoms with E-state index in [-0.39, 0.29) is 6.39 Å². The fourth-order valence-electron chi connectivity index (χ4n) is 0.898. The fraction of sp³-hybridized carbons (Fsp3) is 0. The Morgan fingerprint density at radius 2 is 1.27 bits per heavy atom. The fourth-order valence-corrected chi connectivity index (χ4v) is 0.898. The van der Waals surface area contributed by atoms with E-state index in [2.05, 4.69) is 0 Å². The molecule has 0 heterocycles. The van der Waals surface area contributed by atoms with Crippen LogP contribution < -0.4 is 0 Å². The van der Waals surface area contributed by atoms with Gasteiger partial charge in [0.05, 0.1) is 0 Å². The molecule has 0 saturated heterocycles. The van der Waals surface area contributed by atoms with Crippen LogP contribution >= 0.6 is 0 Å². The third kappa shape index (κ3) is 3.76. The Hall–Kier alpha value is 0.714. The van der Waals surface area contributed by atoms with Gasteiger partial charge in [-0.2, -0.15) is 0 Å². The molecule has 0 aromatic carbocycles. The average molecular weight is 119 g/mol. The molecule has 0 amide bonds. The molecule has 0 aliphatic carbocycles. The third-order valence-electron chi connectivity index (χ3n) is 1.56. The van der Waals surface area contributed by atoms with Gasteiger partial charge in [0.15, 0.2) is 0 Å². The molecule has 0 N–H and O–H groups in total. The second-order valence-corrected chi connectivity index (χ2v) is 2.50. The monoisotopic (exact) mass is 121 g/mol. The molecule has 0 aromatic heterocycles. The van der Waals surface area contributed by atoms with Gasteiger partial charge in [0.1, 0.15) is 0 Å². The van der Waals surface area contributed by atoms with Crippen LogP contribution in [0.25, 0.3) is 0 Å². The zero-order valence-corrected chi connectivity index (χ0v) is 6.35. The molecule has 0 nitrogen and oxygen atoms in total. The normalized spacial score (nSPS) is 8.45. The zero-order chi connectivity index (χ0) is 9.02. The van der Waals surface area contributed by atoms with Crippen molar-refractivity contribution in [2.75, 3.05) is 0 Å². The molecule has 0 aromatic rings. The molecule has 0 aliphatic rings. The SMILES string of the molecule is [B]B([B])B(B([B])[B])B([B])[B][B-]. The van der Waals surface area contributed by atoms with E-state index >= 15 is 0 Å². The lowest BCUT2D eigenvalue weighted by atomic mass is 8.56. The maximum absolute atomic E-state index is 5.52. The van der Waals surface area contributed by atoms with E-state index in [9.17, 15) is 0 Å². The maximum Gasteiger partial charge on any atom is -0.00000167 e. The quantitative estimate of drug-likeness (QED) is 0.329. The molecule has 11 heavy (non-hydrogen) atoms. The molecule has 0 unspecified atom stereocenters. The summed E-state index contributed by atoms with van der Waals surface area (Å²) in [7, 11) is 33.5. The van der Waals surface area contributed by atoms with Crippen molar-refractivity contribution in [2.24, 2.45) is 0 Å². The van der Waals surface area contributed by atoms with Crippen molar-refractivity contribution >= 4 is 79.0 Å². The van der Waals surface area contributed by atoms with Gasteiger partial charge in [-0.05, 0) is 64.2 Å². The molecule has 0 rings (SSSR count). The number of hydrogen-bond acceptors (Lipinski definition) is 0. The van der Waals surface area contributed by atoms with Gasteiger partial charge in [-0.15, -0.1) is 0 Å². The van der Waals surface area contributed by atoms with E-state index in [4.69, 9.17) is 46.4 Å². The predicted molar refractivity (Wildman–Crippen MR) is 63.3 cm³/mol. The largest absolute Gasteiger partial charge is 0.690 e. The van der Waals surface area contributed by atoms with Crippen LogP contribution in [0.1, 0.15) is 0 Å². The van der Waals surface area contributed by atoms with E-state index in [0.717, 1.165) is 0 Å². The first-order chi connectivity index (χ1) is 5.00. The first-order valence-electron chi connectivity index (χ1n) is 3.33. The minimum atomic E-state index is -0.648. The maximum atomic E-state index is 5.52. The van der Waals surface area contributed by atoms with Gasteiger partial charge in [0.25, 0.3) is 0 Å². The summed E-state index contributed by atoms with van der Waals surface area (Å²) in [6.45, 7) is 0. The third-order valence-corrected chi connectivity index (χ3v) is 1.56. The van der Waals surface area contributed by atoms with Gasteiger partial charge >= 0.3 is 0 Å². The molecule has 0 fully saturated rings. The lowest BCUT2D eigenvalue weighted by Crippen LogP contribution is -2.63. The van der Waals surface area contributed by atoms with Crippen LogP contribution in [0.4, 0.5) is 0 Å². The summed E-state index contributed by atoms with van der Waals surface area (Å²) in [4.78, 5) is 0. The number of rotatable bonds is 4. The zero-order valence-electron chi connectivity index (χ0n) is 6.35. The Morgan fingerprint density at radius 3 is 1.36 bits per heavy atom. The van der Waals surface area contributed by atoms with E-state index in [1.165, 1.54) is 7.06 Å². The highest BCUT2D eigenvalue weighted by Gasteiger charge is 2.24. The van der Waals surface area contributed by atoms with Gasteiger partial charge in [-0.3, -0.25) is 7.06 Å². The van der Waals surface area contributed by atoms with Gasteiger partial charge in [0.2, 0.25) is 0 Å². The topological polar surface area (TPSA) is 0 Å². The second kappa shape index (κ2) is 5.38. The van der Waals surface area contributed by atoms with Crippen LogP contribution in [-0.2, 0) is 0 Å². The molecule has 0 spiro atoms. The van der Waals surface area contributed by atoms with Crippen LogP contribution in [0, 0.1) is 0 Å². The Labute approximate surface area is 79.4 Å². The standard InChI is InChI=1S/B11/c1-7-10(6)11(8(2)3)9(4)5/q-1. The first-order valence-corrected chi connectivity index (χ1v) is 3.33. The highest BCUT2D eigenvalue weighted by molar-refractivity contribution is 8.01. The highest BCUT2D eigenvalue weighted by atomic mass is 13.1. The van der Waals surface area contributed by atoms with E-state index in [1.54, 1.807) is 0 Å². The van der Waals surface area contributed by atoms with Crippen LogP contribution in [0.3, 0.4) is 0 Å². The van der Waals surface area contributed by atoms with Crippen molar-refractivity contribution in [2.45, 2.75) is 0 Å². The molecule has 0 bridgehead atoms. The van der Waals surface area contributed by atoms with Crippen LogP contribution in [0.2, 0.25) is 0 Å². The summed E-state index contributed by atoms with van der Waals surface area (Å²) in [5, 5.41) is 0. The second-order valence-electron chi connectivity index (χ2n) is 2.50. The predicted octanol–water partition coefficient (Wildman–Crippen LogP) is -4.19. The summed E-state index contributed by atoms with van der Waals surface area (Å²) < 4.78 is 0. The van der Waals surface area contributed by atoms with Crippen LogP contribution in [0.5, 0.6) is 0 Å². The molecule has 14 radical (unpaired) electrons. The minimum Gasteiger partial charge on any atom is -0.690 e. The van der Waals surface area contributed by atoms with Gasteiger partial charge in [-0.1, -0.05) is 0 Å². The lowest BCUT2D eigenvalue weighted by Gasteiger charge is -2.30. The van der Waals surface area contributed by atoms with E-state index in [0.29, 0.717) is 0 Å². The minimum absolute atomic E-state index is 0.389.